The van der Waals surface area contributed by atoms with E-state index >= 15 is 0 Å². The first-order valence-corrected chi connectivity index (χ1v) is 7.87. The maximum absolute atomic E-state index is 5.65. The second kappa shape index (κ2) is 6.50. The van der Waals surface area contributed by atoms with Gasteiger partial charge in [-0.25, -0.2) is 0 Å². The van der Waals surface area contributed by atoms with Gasteiger partial charge in [-0.05, 0) is 24.3 Å². The molecule has 0 amide bonds. The van der Waals surface area contributed by atoms with E-state index in [4.69, 9.17) is 14.2 Å². The van der Waals surface area contributed by atoms with Crippen LogP contribution in [0, 0.1) is 5.92 Å². The van der Waals surface area contributed by atoms with Crippen LogP contribution in [0.1, 0.15) is 19.3 Å². The van der Waals surface area contributed by atoms with E-state index in [0.717, 1.165) is 11.0 Å². The zero-order valence-corrected chi connectivity index (χ0v) is 11.5. The summed E-state index contributed by atoms with van der Waals surface area (Å²) in [6.07, 6.45) is 3.34. The minimum Gasteiger partial charge on any atom is -0.356 e. The first-order valence-electron chi connectivity index (χ1n) is 5.77. The highest BCUT2D eigenvalue weighted by Crippen LogP contribution is 2.39. The molecule has 0 bridgehead atoms. The van der Waals surface area contributed by atoms with Crippen molar-refractivity contribution in [2.75, 3.05) is 25.7 Å². The summed E-state index contributed by atoms with van der Waals surface area (Å²) in [7, 11) is 3.42. The highest BCUT2D eigenvalue weighted by atomic mass is 32.2. The molecule has 5 heteroatoms. The van der Waals surface area contributed by atoms with Gasteiger partial charge in [-0.2, -0.15) is 0 Å². The third kappa shape index (κ3) is 3.29. The Morgan fingerprint density at radius 1 is 1.19 bits per heavy atom. The van der Waals surface area contributed by atoms with E-state index in [2.05, 4.69) is 23.5 Å². The average Bonchev–Trinajstić information content (AvgIpc) is 2.73. The zero-order chi connectivity index (χ0) is 11.4. The summed E-state index contributed by atoms with van der Waals surface area (Å²) in [6, 6.07) is 0. The van der Waals surface area contributed by atoms with Crippen LogP contribution in [0.4, 0.5) is 0 Å². The molecule has 0 saturated carbocycles. The van der Waals surface area contributed by atoms with E-state index < -0.39 is 0 Å². The maximum atomic E-state index is 5.65. The lowest BCUT2D eigenvalue weighted by Crippen LogP contribution is -2.22. The van der Waals surface area contributed by atoms with E-state index in [-0.39, 0.29) is 12.6 Å². The van der Waals surface area contributed by atoms with Crippen molar-refractivity contribution >= 4 is 23.5 Å². The monoisotopic (exact) mass is 264 g/mol. The van der Waals surface area contributed by atoms with Crippen molar-refractivity contribution in [2.45, 2.75) is 36.4 Å². The first kappa shape index (κ1) is 13.0. The highest BCUT2D eigenvalue weighted by molar-refractivity contribution is 8.17. The van der Waals surface area contributed by atoms with Crippen LogP contribution >= 0.6 is 23.5 Å². The van der Waals surface area contributed by atoms with Gasteiger partial charge in [-0.3, -0.25) is 0 Å². The first-order chi connectivity index (χ1) is 7.83. The minimum absolute atomic E-state index is 0.0754. The Balaban J connectivity index is 1.82. The van der Waals surface area contributed by atoms with Gasteiger partial charge in [0.25, 0.3) is 0 Å². The van der Waals surface area contributed by atoms with Crippen LogP contribution in [-0.4, -0.2) is 42.9 Å². The van der Waals surface area contributed by atoms with Crippen molar-refractivity contribution in [2.24, 2.45) is 5.92 Å². The van der Waals surface area contributed by atoms with Crippen LogP contribution in [-0.2, 0) is 14.2 Å². The summed E-state index contributed by atoms with van der Waals surface area (Å²) in [6.45, 7) is 0. The SMILES string of the molecule is COC1CC(CC2SCCCS2)C(OC)O1. The normalized spacial score (nSPS) is 36.8. The van der Waals surface area contributed by atoms with Crippen molar-refractivity contribution in [1.29, 1.82) is 0 Å². The summed E-state index contributed by atoms with van der Waals surface area (Å²) in [5.41, 5.74) is 0. The van der Waals surface area contributed by atoms with Crippen molar-refractivity contribution < 1.29 is 14.2 Å². The third-order valence-electron chi connectivity index (χ3n) is 3.05. The van der Waals surface area contributed by atoms with E-state index in [9.17, 15) is 0 Å². The van der Waals surface area contributed by atoms with Gasteiger partial charge in [0.15, 0.2) is 12.6 Å². The minimum atomic E-state index is -0.0759. The molecule has 0 spiro atoms. The molecule has 2 rings (SSSR count). The fourth-order valence-electron chi connectivity index (χ4n) is 2.20. The fourth-order valence-corrected chi connectivity index (χ4v) is 5.26. The molecule has 0 radical (unpaired) electrons. The number of thioether (sulfide) groups is 2. The second-order valence-electron chi connectivity index (χ2n) is 4.16. The molecule has 2 aliphatic rings. The van der Waals surface area contributed by atoms with Crippen LogP contribution in [0.2, 0.25) is 0 Å². The number of methoxy groups -OCH3 is 2. The average molecular weight is 264 g/mol. The molecule has 0 aromatic rings. The number of rotatable bonds is 4. The van der Waals surface area contributed by atoms with Crippen LogP contribution in [0.5, 0.6) is 0 Å². The lowest BCUT2D eigenvalue weighted by molar-refractivity contribution is -0.193. The van der Waals surface area contributed by atoms with Crippen molar-refractivity contribution in [3.8, 4) is 0 Å². The van der Waals surface area contributed by atoms with Crippen molar-refractivity contribution in [1.82, 2.24) is 0 Å². The topological polar surface area (TPSA) is 27.7 Å². The quantitative estimate of drug-likeness (QED) is 0.778. The highest BCUT2D eigenvalue weighted by Gasteiger charge is 2.37. The largest absolute Gasteiger partial charge is 0.356 e. The molecule has 0 aromatic heterocycles. The summed E-state index contributed by atoms with van der Waals surface area (Å²) in [4.78, 5) is 0. The lowest BCUT2D eigenvalue weighted by Gasteiger charge is -2.25. The molecular formula is C11H20O3S2. The Labute approximate surface area is 106 Å². The molecule has 3 unspecified atom stereocenters. The van der Waals surface area contributed by atoms with E-state index in [1.54, 1.807) is 14.2 Å². The molecule has 0 aromatic carbocycles. The van der Waals surface area contributed by atoms with E-state index in [1.165, 1.54) is 24.3 Å². The van der Waals surface area contributed by atoms with Crippen molar-refractivity contribution in [3.63, 3.8) is 0 Å². The van der Waals surface area contributed by atoms with E-state index in [0.29, 0.717) is 5.92 Å². The van der Waals surface area contributed by atoms with Gasteiger partial charge >= 0.3 is 0 Å². The molecule has 2 heterocycles. The van der Waals surface area contributed by atoms with E-state index in [1.807, 2.05) is 0 Å². The fraction of sp³-hybridized carbons (Fsp3) is 1.00. The standard InChI is InChI=1S/C11H20O3S2/c1-12-9-6-8(11(13-2)14-9)7-10-15-4-3-5-16-10/h8-11H,3-7H2,1-2H3. The van der Waals surface area contributed by atoms with Gasteiger partial charge in [-0.15, -0.1) is 23.5 Å². The second-order valence-corrected chi connectivity index (χ2v) is 7.08. The summed E-state index contributed by atoms with van der Waals surface area (Å²) < 4.78 is 17.0. The van der Waals surface area contributed by atoms with Crippen LogP contribution in [0.25, 0.3) is 0 Å². The Kier molecular flexibility index (Phi) is 5.29. The van der Waals surface area contributed by atoms with Gasteiger partial charge < -0.3 is 14.2 Å². The predicted molar refractivity (Wildman–Crippen MR) is 68.7 cm³/mol. The zero-order valence-electron chi connectivity index (χ0n) is 9.89. The Morgan fingerprint density at radius 2 is 1.94 bits per heavy atom. The molecule has 94 valence electrons. The number of hydrogen-bond donors (Lipinski definition) is 0. The van der Waals surface area contributed by atoms with Crippen LogP contribution in [0.15, 0.2) is 0 Å². The molecule has 2 fully saturated rings. The van der Waals surface area contributed by atoms with Gasteiger partial charge in [0, 0.05) is 26.6 Å². The summed E-state index contributed by atoms with van der Waals surface area (Å²) in [5, 5.41) is 0. The molecule has 3 atom stereocenters. The molecule has 16 heavy (non-hydrogen) atoms. The van der Waals surface area contributed by atoms with Gasteiger partial charge in [0.1, 0.15) is 0 Å². The predicted octanol–water partition coefficient (Wildman–Crippen LogP) is 2.55. The molecule has 3 nitrogen and oxygen atoms in total. The Hall–Kier alpha value is 0.580. The summed E-state index contributed by atoms with van der Waals surface area (Å²) in [5.74, 6) is 3.09. The third-order valence-corrected chi connectivity index (χ3v) is 6.05. The lowest BCUT2D eigenvalue weighted by atomic mass is 10.0. The molecule has 2 saturated heterocycles. The molecular weight excluding hydrogens is 244 g/mol. The smallest absolute Gasteiger partial charge is 0.163 e. The molecule has 2 aliphatic heterocycles. The van der Waals surface area contributed by atoms with Gasteiger partial charge in [0.05, 0.1) is 4.58 Å². The van der Waals surface area contributed by atoms with Crippen LogP contribution in [0.3, 0.4) is 0 Å². The van der Waals surface area contributed by atoms with Crippen molar-refractivity contribution in [3.05, 3.63) is 0 Å². The van der Waals surface area contributed by atoms with Crippen LogP contribution < -0.4 is 0 Å². The van der Waals surface area contributed by atoms with Gasteiger partial charge in [-0.1, -0.05) is 0 Å². The number of ether oxygens (including phenoxy) is 3. The number of hydrogen-bond acceptors (Lipinski definition) is 5. The molecule has 0 aliphatic carbocycles. The Morgan fingerprint density at radius 3 is 2.56 bits per heavy atom. The van der Waals surface area contributed by atoms with Gasteiger partial charge in [0.2, 0.25) is 0 Å². The molecule has 0 N–H and O–H groups in total. The summed E-state index contributed by atoms with van der Waals surface area (Å²) >= 11 is 4.16. The maximum Gasteiger partial charge on any atom is 0.163 e. The Bertz CT molecular complexity index is 209.